The Morgan fingerprint density at radius 3 is 2.42 bits per heavy atom. The molecule has 2 aliphatic rings. The first-order valence-electron chi connectivity index (χ1n) is 10.1. The second kappa shape index (κ2) is 8.73. The van der Waals surface area contributed by atoms with Gasteiger partial charge in [0, 0.05) is 29.4 Å². The van der Waals surface area contributed by atoms with Gasteiger partial charge >= 0.3 is 0 Å². The first kappa shape index (κ1) is 21.4. The highest BCUT2D eigenvalue weighted by molar-refractivity contribution is 6.53. The number of benzene rings is 2. The highest BCUT2D eigenvalue weighted by Gasteiger charge is 2.39. The van der Waals surface area contributed by atoms with E-state index in [1.807, 2.05) is 4.90 Å². The van der Waals surface area contributed by atoms with Gasteiger partial charge in [0.05, 0.1) is 5.69 Å². The molecule has 31 heavy (non-hydrogen) atoms. The van der Waals surface area contributed by atoms with Gasteiger partial charge in [-0.05, 0) is 55.2 Å². The average molecular weight is 458 g/mol. The van der Waals surface area contributed by atoms with Gasteiger partial charge in [-0.3, -0.25) is 14.4 Å². The number of anilines is 2. The fourth-order valence-corrected chi connectivity index (χ4v) is 4.13. The predicted molar refractivity (Wildman–Crippen MR) is 121 cm³/mol. The molecule has 4 rings (SSSR count). The van der Waals surface area contributed by atoms with E-state index < -0.39 is 11.8 Å². The van der Waals surface area contributed by atoms with Crippen LogP contribution >= 0.6 is 23.2 Å². The monoisotopic (exact) mass is 457 g/mol. The zero-order valence-electron chi connectivity index (χ0n) is 16.9. The summed E-state index contributed by atoms with van der Waals surface area (Å²) < 4.78 is 0. The summed E-state index contributed by atoms with van der Waals surface area (Å²) >= 11 is 12.2. The number of carbonyl (C=O) groups excluding carboxylic acids is 3. The maximum Gasteiger partial charge on any atom is 0.283 e. The molecule has 0 unspecified atom stereocenters. The summed E-state index contributed by atoms with van der Waals surface area (Å²) in [7, 11) is 0. The molecule has 0 saturated carbocycles. The molecule has 0 aromatic heterocycles. The summed E-state index contributed by atoms with van der Waals surface area (Å²) in [5.74, 6) is -0.644. The highest BCUT2D eigenvalue weighted by atomic mass is 35.5. The van der Waals surface area contributed by atoms with Crippen LogP contribution in [0.1, 0.15) is 30.1 Å². The van der Waals surface area contributed by atoms with Crippen molar-refractivity contribution < 1.29 is 14.4 Å². The topological polar surface area (TPSA) is 69.7 Å². The number of halogens is 2. The lowest BCUT2D eigenvalue weighted by Crippen LogP contribution is -2.37. The van der Waals surface area contributed by atoms with Crippen molar-refractivity contribution in [2.45, 2.75) is 19.8 Å². The van der Waals surface area contributed by atoms with Crippen LogP contribution < -0.4 is 10.2 Å². The molecule has 1 fully saturated rings. The molecule has 3 amide bonds. The van der Waals surface area contributed by atoms with Gasteiger partial charge in [0.1, 0.15) is 10.7 Å². The molecule has 1 saturated heterocycles. The molecule has 1 N–H and O–H groups in total. The summed E-state index contributed by atoms with van der Waals surface area (Å²) in [6, 6.07) is 13.3. The van der Waals surface area contributed by atoms with E-state index in [2.05, 4.69) is 12.2 Å². The van der Waals surface area contributed by atoms with Crippen LogP contribution in [-0.4, -0.2) is 35.7 Å². The number of piperidine rings is 1. The largest absolute Gasteiger partial charge is 0.350 e. The molecule has 2 aromatic carbocycles. The lowest BCUT2D eigenvalue weighted by Gasteiger charge is -2.30. The van der Waals surface area contributed by atoms with Crippen molar-refractivity contribution in [3.8, 4) is 0 Å². The van der Waals surface area contributed by atoms with E-state index in [9.17, 15) is 14.4 Å². The maximum atomic E-state index is 12.9. The van der Waals surface area contributed by atoms with Gasteiger partial charge in [-0.1, -0.05) is 42.3 Å². The Hall–Kier alpha value is -2.83. The molecule has 0 spiro atoms. The first-order chi connectivity index (χ1) is 14.8. The molecule has 160 valence electrons. The lowest BCUT2D eigenvalue weighted by atomic mass is 9.98. The molecule has 0 radical (unpaired) electrons. The summed E-state index contributed by atoms with van der Waals surface area (Å²) in [5.41, 5.74) is 1.31. The number of hydrogen-bond acceptors (Lipinski definition) is 4. The fraction of sp³-hybridized carbons (Fsp3) is 0.261. The van der Waals surface area contributed by atoms with Crippen LogP contribution in [0.15, 0.2) is 59.3 Å². The first-order valence-corrected chi connectivity index (χ1v) is 10.8. The Morgan fingerprint density at radius 2 is 1.71 bits per heavy atom. The van der Waals surface area contributed by atoms with Gasteiger partial charge in [-0.15, -0.1) is 0 Å². The zero-order chi connectivity index (χ0) is 22.1. The molecule has 0 bridgehead atoms. The van der Waals surface area contributed by atoms with E-state index in [-0.39, 0.29) is 16.6 Å². The van der Waals surface area contributed by atoms with Crippen LogP contribution in [0.3, 0.4) is 0 Å². The standard InChI is InChI=1S/C23H21Cl2N3O3/c1-14-8-10-27(11-9-14)21(29)15-4-2-6-17(12-15)26-20-19(25)22(30)28(23(20)31)18-7-3-5-16(24)13-18/h2-7,12-14,26H,8-11H2,1H3. The average Bonchev–Trinajstić information content (AvgIpc) is 2.97. The Morgan fingerprint density at radius 1 is 1.00 bits per heavy atom. The quantitative estimate of drug-likeness (QED) is 0.678. The number of hydrogen-bond donors (Lipinski definition) is 1. The van der Waals surface area contributed by atoms with E-state index in [1.165, 1.54) is 6.07 Å². The van der Waals surface area contributed by atoms with Crippen molar-refractivity contribution in [2.24, 2.45) is 5.92 Å². The van der Waals surface area contributed by atoms with Crippen molar-refractivity contribution in [3.63, 3.8) is 0 Å². The normalized spacial score (nSPS) is 17.5. The van der Waals surface area contributed by atoms with Crippen molar-refractivity contribution in [2.75, 3.05) is 23.3 Å². The van der Waals surface area contributed by atoms with Crippen molar-refractivity contribution in [3.05, 3.63) is 69.8 Å². The molecule has 2 aliphatic heterocycles. The molecule has 0 atom stereocenters. The number of nitrogens with one attached hydrogen (secondary N) is 1. The molecule has 2 heterocycles. The van der Waals surface area contributed by atoms with Crippen LogP contribution in [-0.2, 0) is 9.59 Å². The highest BCUT2D eigenvalue weighted by Crippen LogP contribution is 2.31. The summed E-state index contributed by atoms with van der Waals surface area (Å²) in [6.07, 6.45) is 1.98. The third-order valence-electron chi connectivity index (χ3n) is 5.54. The zero-order valence-corrected chi connectivity index (χ0v) is 18.4. The number of imide groups is 1. The maximum absolute atomic E-state index is 12.9. The SMILES string of the molecule is CC1CCN(C(=O)c2cccc(NC3=C(Cl)C(=O)N(c4cccc(Cl)c4)C3=O)c2)CC1. The van der Waals surface area contributed by atoms with Crippen LogP contribution in [0.4, 0.5) is 11.4 Å². The minimum atomic E-state index is -0.633. The van der Waals surface area contributed by atoms with Crippen LogP contribution in [0.5, 0.6) is 0 Å². The second-order valence-electron chi connectivity index (χ2n) is 7.80. The molecule has 6 nitrogen and oxygen atoms in total. The third-order valence-corrected chi connectivity index (χ3v) is 6.13. The van der Waals surface area contributed by atoms with Gasteiger partial charge in [0.25, 0.3) is 17.7 Å². The van der Waals surface area contributed by atoms with Crippen molar-refractivity contribution in [1.82, 2.24) is 4.90 Å². The van der Waals surface area contributed by atoms with Gasteiger partial charge < -0.3 is 10.2 Å². The number of nitrogens with zero attached hydrogens (tertiary/aromatic N) is 2. The van der Waals surface area contributed by atoms with Crippen LogP contribution in [0.2, 0.25) is 5.02 Å². The van der Waals surface area contributed by atoms with Crippen molar-refractivity contribution in [1.29, 1.82) is 0 Å². The van der Waals surface area contributed by atoms with E-state index in [0.29, 0.717) is 27.9 Å². The smallest absolute Gasteiger partial charge is 0.283 e. The lowest BCUT2D eigenvalue weighted by molar-refractivity contribution is -0.120. The molecular weight excluding hydrogens is 437 g/mol. The van der Waals surface area contributed by atoms with E-state index in [1.54, 1.807) is 42.5 Å². The van der Waals surface area contributed by atoms with Crippen LogP contribution in [0, 0.1) is 5.92 Å². The fourth-order valence-electron chi connectivity index (χ4n) is 3.73. The summed E-state index contributed by atoms with van der Waals surface area (Å²) in [6.45, 7) is 3.66. The Balaban J connectivity index is 1.54. The molecular formula is C23H21Cl2N3O3. The van der Waals surface area contributed by atoms with E-state index in [4.69, 9.17) is 23.2 Å². The Labute approximate surface area is 190 Å². The van der Waals surface area contributed by atoms with Gasteiger partial charge in [-0.25, -0.2) is 4.90 Å². The summed E-state index contributed by atoms with van der Waals surface area (Å²) in [4.78, 5) is 41.2. The number of carbonyl (C=O) groups is 3. The molecule has 2 aromatic rings. The summed E-state index contributed by atoms with van der Waals surface area (Å²) in [5, 5.41) is 3.10. The van der Waals surface area contributed by atoms with E-state index in [0.717, 1.165) is 30.8 Å². The number of amides is 3. The predicted octanol–water partition coefficient (Wildman–Crippen LogP) is 4.65. The second-order valence-corrected chi connectivity index (χ2v) is 8.61. The number of likely N-dealkylation sites (tertiary alicyclic amines) is 1. The Bertz CT molecular complexity index is 1090. The molecule has 0 aliphatic carbocycles. The minimum absolute atomic E-state index is 0.0389. The van der Waals surface area contributed by atoms with Crippen LogP contribution in [0.25, 0.3) is 0 Å². The van der Waals surface area contributed by atoms with Gasteiger partial charge in [-0.2, -0.15) is 0 Å². The third kappa shape index (κ3) is 4.31. The van der Waals surface area contributed by atoms with Gasteiger partial charge in [0.2, 0.25) is 0 Å². The minimum Gasteiger partial charge on any atom is -0.350 e. The molecule has 8 heteroatoms. The number of rotatable bonds is 4. The van der Waals surface area contributed by atoms with E-state index >= 15 is 0 Å². The van der Waals surface area contributed by atoms with Gasteiger partial charge in [0.15, 0.2) is 0 Å². The Kier molecular flexibility index (Phi) is 6.03. The van der Waals surface area contributed by atoms with Crippen molar-refractivity contribution >= 4 is 52.3 Å².